The van der Waals surface area contributed by atoms with E-state index < -0.39 is 5.54 Å². The first kappa shape index (κ1) is 16.7. The van der Waals surface area contributed by atoms with Crippen molar-refractivity contribution in [2.75, 3.05) is 11.4 Å². The van der Waals surface area contributed by atoms with Crippen molar-refractivity contribution in [3.63, 3.8) is 0 Å². The Morgan fingerprint density at radius 2 is 1.79 bits per heavy atom. The number of para-hydroxylation sites is 1. The molecular weight excluding hydrogens is 354 g/mol. The number of nitrogens with zero attached hydrogens (tertiary/aromatic N) is 2. The fourth-order valence-electron chi connectivity index (χ4n) is 4.46. The van der Waals surface area contributed by atoms with Crippen molar-refractivity contribution >= 4 is 34.3 Å². The summed E-state index contributed by atoms with van der Waals surface area (Å²) in [5.74, 6) is -0.335. The number of hydrogen-bond acceptors (Lipinski definition) is 3. The second kappa shape index (κ2) is 5.55. The molecule has 0 unspecified atom stereocenters. The van der Waals surface area contributed by atoms with E-state index in [1.807, 2.05) is 31.2 Å². The Kier molecular flexibility index (Phi) is 3.32. The average molecular weight is 373 g/mol. The molecule has 0 spiro atoms. The molecule has 0 radical (unpaired) electrons. The van der Waals surface area contributed by atoms with Crippen molar-refractivity contribution in [1.82, 2.24) is 9.88 Å². The summed E-state index contributed by atoms with van der Waals surface area (Å²) < 4.78 is 0. The van der Waals surface area contributed by atoms with Crippen molar-refractivity contribution in [2.24, 2.45) is 0 Å². The Morgan fingerprint density at radius 3 is 2.50 bits per heavy atom. The van der Waals surface area contributed by atoms with Crippen LogP contribution in [-0.2, 0) is 16.8 Å². The van der Waals surface area contributed by atoms with Crippen molar-refractivity contribution in [3.05, 3.63) is 65.4 Å². The van der Waals surface area contributed by atoms with Gasteiger partial charge in [0.2, 0.25) is 0 Å². The Hall–Kier alpha value is -3.41. The number of anilines is 1. The Labute approximate surface area is 161 Å². The maximum Gasteiger partial charge on any atom is 0.332 e. The third kappa shape index (κ3) is 2.00. The molecule has 3 amide bonds. The van der Waals surface area contributed by atoms with Gasteiger partial charge in [0.1, 0.15) is 0 Å². The monoisotopic (exact) mass is 373 g/mol. The predicted octanol–water partition coefficient (Wildman–Crippen LogP) is 3.61. The molecule has 28 heavy (non-hydrogen) atoms. The number of imide groups is 1. The zero-order chi connectivity index (χ0) is 19.6. The lowest BCUT2D eigenvalue weighted by Gasteiger charge is -2.35. The normalized spacial score (nSPS) is 21.2. The molecule has 3 aromatic rings. The number of aromatic nitrogens is 1. The summed E-state index contributed by atoms with van der Waals surface area (Å²) in [7, 11) is 0. The van der Waals surface area contributed by atoms with E-state index in [4.69, 9.17) is 0 Å². The molecule has 5 rings (SSSR count). The maximum absolute atomic E-state index is 13.5. The topological polar surface area (TPSA) is 73.5 Å². The highest BCUT2D eigenvalue weighted by Crippen LogP contribution is 2.45. The number of nitrogens with one attached hydrogen (secondary N) is 1. The summed E-state index contributed by atoms with van der Waals surface area (Å²) in [6, 6.07) is 14.2. The molecule has 6 heteroatoms. The standard InChI is InChI=1S/C22H19N3O3/c1-13(26)14-7-9-15(10-8-14)25-20(27)22(2)19-17(11-12-24(22)21(25)28)16-5-3-4-6-18(16)23-19/h3-10,23H,11-12H2,1-2H3/t22-/m1/s1. The minimum atomic E-state index is -1.07. The molecule has 2 aromatic carbocycles. The number of hydrogen-bond donors (Lipinski definition) is 1. The molecule has 140 valence electrons. The lowest BCUT2D eigenvalue weighted by Crippen LogP contribution is -2.49. The van der Waals surface area contributed by atoms with Gasteiger partial charge >= 0.3 is 6.03 Å². The highest BCUT2D eigenvalue weighted by atomic mass is 16.2. The summed E-state index contributed by atoms with van der Waals surface area (Å²) in [6.07, 6.45) is 0.699. The number of amides is 3. The van der Waals surface area contributed by atoms with E-state index in [0.29, 0.717) is 24.2 Å². The van der Waals surface area contributed by atoms with Crippen molar-refractivity contribution in [1.29, 1.82) is 0 Å². The van der Waals surface area contributed by atoms with Gasteiger partial charge in [-0.2, -0.15) is 0 Å². The molecule has 2 aliphatic rings. The van der Waals surface area contributed by atoms with Crippen LogP contribution in [0.1, 0.15) is 35.5 Å². The number of carbonyl (C=O) groups is 3. The number of carbonyl (C=O) groups excluding carboxylic acids is 3. The number of aromatic amines is 1. The quantitative estimate of drug-likeness (QED) is 0.551. The van der Waals surface area contributed by atoms with E-state index in [-0.39, 0.29) is 17.7 Å². The summed E-state index contributed by atoms with van der Waals surface area (Å²) >= 11 is 0. The molecule has 6 nitrogen and oxygen atoms in total. The smallest absolute Gasteiger partial charge is 0.332 e. The van der Waals surface area contributed by atoms with Gasteiger partial charge in [0.05, 0.1) is 11.4 Å². The van der Waals surface area contributed by atoms with E-state index in [9.17, 15) is 14.4 Å². The van der Waals surface area contributed by atoms with Crippen LogP contribution >= 0.6 is 0 Å². The molecule has 0 saturated carbocycles. The predicted molar refractivity (Wildman–Crippen MR) is 105 cm³/mol. The Bertz CT molecular complexity index is 1160. The van der Waals surface area contributed by atoms with E-state index in [1.165, 1.54) is 11.8 Å². The highest BCUT2D eigenvalue weighted by molar-refractivity contribution is 6.23. The second-order valence-electron chi connectivity index (χ2n) is 7.52. The number of ketones is 1. The first-order valence-electron chi connectivity index (χ1n) is 9.30. The van der Waals surface area contributed by atoms with Crippen molar-refractivity contribution < 1.29 is 14.4 Å². The third-order valence-electron chi connectivity index (χ3n) is 6.00. The minimum absolute atomic E-state index is 0.0577. The zero-order valence-electron chi connectivity index (χ0n) is 15.7. The summed E-state index contributed by atoms with van der Waals surface area (Å²) in [6.45, 7) is 3.78. The van der Waals surface area contributed by atoms with Crippen LogP contribution in [-0.4, -0.2) is 34.2 Å². The van der Waals surface area contributed by atoms with Crippen LogP contribution in [0.2, 0.25) is 0 Å². The zero-order valence-corrected chi connectivity index (χ0v) is 15.7. The fraction of sp³-hybridized carbons (Fsp3) is 0.227. The summed E-state index contributed by atoms with van der Waals surface area (Å²) in [4.78, 5) is 44.4. The van der Waals surface area contributed by atoms with Crippen LogP contribution in [0.15, 0.2) is 48.5 Å². The van der Waals surface area contributed by atoms with Crippen molar-refractivity contribution in [2.45, 2.75) is 25.8 Å². The SMILES string of the molecule is CC(=O)c1ccc(N2C(=O)N3CCc4c([nH]c5ccccc45)[C@]3(C)C2=O)cc1. The Morgan fingerprint density at radius 1 is 1.07 bits per heavy atom. The molecule has 3 heterocycles. The molecule has 1 saturated heterocycles. The van der Waals surface area contributed by atoms with Gasteiger partial charge in [0.15, 0.2) is 11.3 Å². The van der Waals surface area contributed by atoms with Gasteiger partial charge in [-0.05, 0) is 56.2 Å². The number of rotatable bonds is 2. The Balaban J connectivity index is 1.63. The largest absolute Gasteiger partial charge is 0.356 e. The first-order chi connectivity index (χ1) is 13.4. The van der Waals surface area contributed by atoms with Gasteiger partial charge < -0.3 is 9.88 Å². The van der Waals surface area contributed by atoms with E-state index >= 15 is 0 Å². The number of H-pyrrole nitrogens is 1. The lowest BCUT2D eigenvalue weighted by molar-refractivity contribution is -0.125. The van der Waals surface area contributed by atoms with Gasteiger partial charge in [0, 0.05) is 23.0 Å². The number of fused-ring (bicyclic) bond motifs is 5. The van der Waals surface area contributed by atoms with Crippen LogP contribution in [0.4, 0.5) is 10.5 Å². The van der Waals surface area contributed by atoms with Gasteiger partial charge in [-0.25, -0.2) is 9.69 Å². The number of Topliss-reactive ketones (excluding diaryl/α,β-unsaturated/α-hetero) is 1. The van der Waals surface area contributed by atoms with E-state index in [1.54, 1.807) is 29.2 Å². The molecule has 1 N–H and O–H groups in total. The maximum atomic E-state index is 13.5. The molecule has 1 aromatic heterocycles. The van der Waals surface area contributed by atoms with Crippen LogP contribution in [0.25, 0.3) is 10.9 Å². The average Bonchev–Trinajstić information content (AvgIpc) is 3.17. The van der Waals surface area contributed by atoms with E-state index in [2.05, 4.69) is 4.98 Å². The molecule has 1 fully saturated rings. The third-order valence-corrected chi connectivity index (χ3v) is 6.00. The van der Waals surface area contributed by atoms with Crippen LogP contribution in [0, 0.1) is 0 Å². The van der Waals surface area contributed by atoms with Crippen molar-refractivity contribution in [3.8, 4) is 0 Å². The van der Waals surface area contributed by atoms with Crippen LogP contribution < -0.4 is 4.90 Å². The van der Waals surface area contributed by atoms with E-state index in [0.717, 1.165) is 22.2 Å². The minimum Gasteiger partial charge on any atom is -0.356 e. The van der Waals surface area contributed by atoms with Gasteiger partial charge in [0.25, 0.3) is 5.91 Å². The summed E-state index contributed by atoms with van der Waals surface area (Å²) in [5.41, 5.74) is 2.83. The number of benzene rings is 2. The highest BCUT2D eigenvalue weighted by Gasteiger charge is 2.58. The van der Waals surface area contributed by atoms with Gasteiger partial charge in [-0.3, -0.25) is 9.59 Å². The fourth-order valence-corrected chi connectivity index (χ4v) is 4.46. The van der Waals surface area contributed by atoms with Crippen LogP contribution in [0.5, 0.6) is 0 Å². The molecule has 2 aliphatic heterocycles. The molecule has 0 aliphatic carbocycles. The number of urea groups is 1. The molecular formula is C22H19N3O3. The van der Waals surface area contributed by atoms with Gasteiger partial charge in [-0.1, -0.05) is 18.2 Å². The van der Waals surface area contributed by atoms with Gasteiger partial charge in [-0.15, -0.1) is 0 Å². The molecule has 0 bridgehead atoms. The summed E-state index contributed by atoms with van der Waals surface area (Å²) in [5, 5.41) is 1.10. The van der Waals surface area contributed by atoms with Crippen LogP contribution in [0.3, 0.4) is 0 Å². The molecule has 1 atom stereocenters. The second-order valence-corrected chi connectivity index (χ2v) is 7.52. The lowest BCUT2D eigenvalue weighted by atomic mass is 9.87. The first-order valence-corrected chi connectivity index (χ1v) is 9.30.